The smallest absolute Gasteiger partial charge is 0.253 e. The number of nitrogens with one attached hydrogen (secondary N) is 1. The molecule has 3 N–H and O–H groups in total. The molecule has 1 aliphatic heterocycles. The first kappa shape index (κ1) is 25.6. The molecule has 3 aromatic rings. The number of amides is 1. The average Bonchev–Trinajstić information content (AvgIpc) is 3.53. The third-order valence-electron chi connectivity index (χ3n) is 6.93. The molecule has 3 heterocycles. The Hall–Kier alpha value is -2.48. The van der Waals surface area contributed by atoms with Crippen LogP contribution in [0.1, 0.15) is 69.2 Å². The van der Waals surface area contributed by atoms with Crippen molar-refractivity contribution in [2.45, 2.75) is 70.4 Å². The largest absolute Gasteiger partial charge is 0.350 e. The summed E-state index contributed by atoms with van der Waals surface area (Å²) in [5.74, 6) is 0.437. The van der Waals surface area contributed by atoms with Crippen LogP contribution >= 0.6 is 11.6 Å². The summed E-state index contributed by atoms with van der Waals surface area (Å²) in [5.41, 5.74) is 6.60. The Morgan fingerprint density at radius 1 is 1.09 bits per heavy atom. The molecule has 7 nitrogen and oxygen atoms in total. The van der Waals surface area contributed by atoms with Gasteiger partial charge in [-0.15, -0.1) is 0 Å². The summed E-state index contributed by atoms with van der Waals surface area (Å²) in [7, 11) is 0. The van der Waals surface area contributed by atoms with E-state index in [0.29, 0.717) is 29.1 Å². The molecule has 1 saturated heterocycles. The van der Waals surface area contributed by atoms with Crippen molar-refractivity contribution in [1.29, 1.82) is 0 Å². The third-order valence-corrected chi connectivity index (χ3v) is 7.25. The SMILES string of the molecule is CC(C)N.O=C(NCC1(N2CCCC2)CCCCC1)c1cn(-c2ncccn2)c2cccc(Cl)c12. The Balaban J connectivity index is 0.000000672. The van der Waals surface area contributed by atoms with E-state index in [4.69, 9.17) is 17.3 Å². The van der Waals surface area contributed by atoms with Crippen molar-refractivity contribution in [2.75, 3.05) is 19.6 Å². The van der Waals surface area contributed by atoms with Crippen LogP contribution in [-0.2, 0) is 0 Å². The number of benzene rings is 1. The fraction of sp³-hybridized carbons (Fsp3) is 0.519. The van der Waals surface area contributed by atoms with Crippen LogP contribution in [0.25, 0.3) is 16.9 Å². The number of halogens is 1. The second kappa shape index (κ2) is 11.5. The lowest BCUT2D eigenvalue weighted by Gasteiger charge is -2.45. The Morgan fingerprint density at radius 3 is 2.40 bits per heavy atom. The molecule has 8 heteroatoms. The molecule has 0 atom stereocenters. The van der Waals surface area contributed by atoms with Gasteiger partial charge in [0.25, 0.3) is 5.91 Å². The van der Waals surface area contributed by atoms with Crippen molar-refractivity contribution < 1.29 is 4.79 Å². The normalized spacial score (nSPS) is 17.9. The van der Waals surface area contributed by atoms with Gasteiger partial charge in [0.2, 0.25) is 5.95 Å². The first-order valence-corrected chi connectivity index (χ1v) is 13.1. The van der Waals surface area contributed by atoms with Crippen LogP contribution in [0, 0.1) is 0 Å². The highest BCUT2D eigenvalue weighted by atomic mass is 35.5. The molecule has 0 unspecified atom stereocenters. The van der Waals surface area contributed by atoms with Gasteiger partial charge in [-0.2, -0.15) is 0 Å². The van der Waals surface area contributed by atoms with E-state index >= 15 is 0 Å². The molecular weight excluding hydrogens is 460 g/mol. The molecular formula is C27H37ClN6O. The number of likely N-dealkylation sites (tertiary alicyclic amines) is 1. The summed E-state index contributed by atoms with van der Waals surface area (Å²) >= 11 is 6.54. The van der Waals surface area contributed by atoms with Crippen LogP contribution in [0.5, 0.6) is 0 Å². The van der Waals surface area contributed by atoms with E-state index in [1.54, 1.807) is 18.5 Å². The minimum absolute atomic E-state index is 0.0862. The van der Waals surface area contributed by atoms with Gasteiger partial charge < -0.3 is 11.1 Å². The van der Waals surface area contributed by atoms with Crippen molar-refractivity contribution in [2.24, 2.45) is 5.73 Å². The zero-order valence-electron chi connectivity index (χ0n) is 20.8. The van der Waals surface area contributed by atoms with Crippen molar-refractivity contribution >= 4 is 28.4 Å². The summed E-state index contributed by atoms with van der Waals surface area (Å²) < 4.78 is 1.84. The third kappa shape index (κ3) is 5.85. The van der Waals surface area contributed by atoms with Gasteiger partial charge in [-0.3, -0.25) is 14.3 Å². The lowest BCUT2D eigenvalue weighted by Crippen LogP contribution is -2.55. The van der Waals surface area contributed by atoms with Gasteiger partial charge in [-0.25, -0.2) is 9.97 Å². The fourth-order valence-corrected chi connectivity index (χ4v) is 5.61. The van der Waals surface area contributed by atoms with E-state index in [1.165, 1.54) is 32.1 Å². The van der Waals surface area contributed by atoms with Crippen molar-refractivity contribution in [1.82, 2.24) is 24.8 Å². The van der Waals surface area contributed by atoms with E-state index in [0.717, 1.165) is 36.8 Å². The molecule has 0 bridgehead atoms. The maximum absolute atomic E-state index is 13.4. The monoisotopic (exact) mass is 496 g/mol. The number of nitrogens with two attached hydrogens (primary N) is 1. The maximum Gasteiger partial charge on any atom is 0.253 e. The van der Waals surface area contributed by atoms with Crippen LogP contribution in [0.3, 0.4) is 0 Å². The molecule has 0 spiro atoms. The highest BCUT2D eigenvalue weighted by Crippen LogP contribution is 2.36. The minimum atomic E-state index is -0.0862. The van der Waals surface area contributed by atoms with Crippen molar-refractivity contribution in [3.63, 3.8) is 0 Å². The number of hydrogen-bond acceptors (Lipinski definition) is 5. The number of carbonyl (C=O) groups is 1. The first-order chi connectivity index (χ1) is 16.9. The molecule has 188 valence electrons. The first-order valence-electron chi connectivity index (χ1n) is 12.8. The number of nitrogens with zero attached hydrogens (tertiary/aromatic N) is 4. The standard InChI is InChI=1S/C24H28ClN5O.C3H9N/c25-19-8-6-9-20-21(19)18(16-30(20)23-26-12-7-13-27-23)22(31)28-17-24(10-2-1-3-11-24)29-14-4-5-15-29;1-3(2)4/h6-9,12-13,16H,1-5,10-11,14-15,17H2,(H,28,31);3H,4H2,1-2H3. The molecule has 2 fully saturated rings. The predicted molar refractivity (Wildman–Crippen MR) is 142 cm³/mol. The fourth-order valence-electron chi connectivity index (χ4n) is 5.34. The lowest BCUT2D eigenvalue weighted by atomic mass is 9.80. The Bertz CT molecular complexity index is 1110. The lowest BCUT2D eigenvalue weighted by molar-refractivity contribution is 0.0653. The Kier molecular flexibility index (Phi) is 8.42. The molecule has 1 saturated carbocycles. The van der Waals surface area contributed by atoms with E-state index in [2.05, 4.69) is 20.2 Å². The van der Waals surface area contributed by atoms with E-state index in [9.17, 15) is 4.79 Å². The van der Waals surface area contributed by atoms with E-state index in [-0.39, 0.29) is 11.4 Å². The summed E-state index contributed by atoms with van der Waals surface area (Å²) in [5, 5.41) is 4.58. The quantitative estimate of drug-likeness (QED) is 0.521. The molecule has 2 aliphatic rings. The van der Waals surface area contributed by atoms with Gasteiger partial charge in [-0.1, -0.05) is 50.8 Å². The van der Waals surface area contributed by atoms with Crippen molar-refractivity contribution in [3.8, 4) is 5.95 Å². The zero-order valence-corrected chi connectivity index (χ0v) is 21.6. The maximum atomic E-state index is 13.4. The number of carbonyl (C=O) groups excluding carboxylic acids is 1. The molecule has 1 aromatic carbocycles. The second-order valence-electron chi connectivity index (χ2n) is 10.0. The Morgan fingerprint density at radius 2 is 1.74 bits per heavy atom. The molecule has 1 amide bonds. The van der Waals surface area contributed by atoms with Crippen LogP contribution in [-0.4, -0.2) is 56.6 Å². The van der Waals surface area contributed by atoms with E-state index < -0.39 is 0 Å². The van der Waals surface area contributed by atoms with Crippen LogP contribution < -0.4 is 11.1 Å². The summed E-state index contributed by atoms with van der Waals surface area (Å²) in [6.07, 6.45) is 13.8. The number of hydrogen-bond donors (Lipinski definition) is 2. The molecule has 35 heavy (non-hydrogen) atoms. The molecule has 2 aromatic heterocycles. The highest BCUT2D eigenvalue weighted by molar-refractivity contribution is 6.37. The summed E-state index contributed by atoms with van der Waals surface area (Å²) in [4.78, 5) is 24.7. The topological polar surface area (TPSA) is 89.1 Å². The summed E-state index contributed by atoms with van der Waals surface area (Å²) in [6, 6.07) is 7.76. The highest BCUT2D eigenvalue weighted by Gasteiger charge is 2.39. The number of fused-ring (bicyclic) bond motifs is 1. The second-order valence-corrected chi connectivity index (χ2v) is 10.4. The van der Waals surface area contributed by atoms with Crippen LogP contribution in [0.2, 0.25) is 5.02 Å². The Labute approximate surface area is 213 Å². The van der Waals surface area contributed by atoms with Gasteiger partial charge >= 0.3 is 0 Å². The number of aromatic nitrogens is 3. The van der Waals surface area contributed by atoms with Crippen LogP contribution in [0.4, 0.5) is 0 Å². The van der Waals surface area contributed by atoms with Gasteiger partial charge in [0.15, 0.2) is 0 Å². The van der Waals surface area contributed by atoms with Gasteiger partial charge in [0.05, 0.1) is 16.1 Å². The average molecular weight is 497 g/mol. The van der Waals surface area contributed by atoms with E-state index in [1.807, 2.05) is 42.8 Å². The zero-order chi connectivity index (χ0) is 24.8. The predicted octanol–water partition coefficient (Wildman–Crippen LogP) is 4.96. The minimum Gasteiger partial charge on any atom is -0.350 e. The number of rotatable bonds is 5. The molecule has 0 radical (unpaired) electrons. The van der Waals surface area contributed by atoms with Gasteiger partial charge in [0, 0.05) is 36.1 Å². The van der Waals surface area contributed by atoms with Gasteiger partial charge in [0.1, 0.15) is 0 Å². The summed E-state index contributed by atoms with van der Waals surface area (Å²) in [6.45, 7) is 6.86. The van der Waals surface area contributed by atoms with Gasteiger partial charge in [-0.05, 0) is 63.0 Å². The van der Waals surface area contributed by atoms with Crippen molar-refractivity contribution in [3.05, 3.63) is 53.4 Å². The van der Waals surface area contributed by atoms with Crippen LogP contribution in [0.15, 0.2) is 42.9 Å². The molecule has 1 aliphatic carbocycles. The molecule has 5 rings (SSSR count).